The van der Waals surface area contributed by atoms with Crippen LogP contribution in [0.3, 0.4) is 0 Å². The second kappa shape index (κ2) is 5.91. The van der Waals surface area contributed by atoms with Gasteiger partial charge >= 0.3 is 0 Å². The summed E-state index contributed by atoms with van der Waals surface area (Å²) < 4.78 is 0. The van der Waals surface area contributed by atoms with Gasteiger partial charge in [0, 0.05) is 13.2 Å². The number of nitrogens with zero attached hydrogens (tertiary/aromatic N) is 1. The molecular formula is C13H11Cl2N3O. The summed E-state index contributed by atoms with van der Waals surface area (Å²) in [7, 11) is 1.76. The number of anilines is 2. The minimum Gasteiger partial charge on any atom is -0.373 e. The van der Waals surface area contributed by atoms with Gasteiger partial charge in [0.2, 0.25) is 0 Å². The fourth-order valence-corrected chi connectivity index (χ4v) is 1.97. The van der Waals surface area contributed by atoms with Crippen molar-refractivity contribution in [3.63, 3.8) is 0 Å². The van der Waals surface area contributed by atoms with E-state index in [-0.39, 0.29) is 5.91 Å². The lowest BCUT2D eigenvalue weighted by Crippen LogP contribution is -2.13. The average Bonchev–Trinajstić information content (AvgIpc) is 2.43. The molecule has 1 aromatic heterocycles. The number of pyridine rings is 1. The second-order valence-corrected chi connectivity index (χ2v) is 4.55. The maximum Gasteiger partial charge on any atom is 0.257 e. The lowest BCUT2D eigenvalue weighted by Gasteiger charge is -2.09. The molecule has 0 aliphatic rings. The van der Waals surface area contributed by atoms with Gasteiger partial charge in [0.15, 0.2) is 0 Å². The topological polar surface area (TPSA) is 54.0 Å². The zero-order valence-corrected chi connectivity index (χ0v) is 11.6. The number of carbonyl (C=O) groups is 1. The van der Waals surface area contributed by atoms with Crippen molar-refractivity contribution in [3.05, 3.63) is 52.1 Å². The van der Waals surface area contributed by atoms with Gasteiger partial charge in [-0.3, -0.25) is 4.79 Å². The number of halogens is 2. The van der Waals surface area contributed by atoms with Crippen LogP contribution in [-0.2, 0) is 0 Å². The summed E-state index contributed by atoms with van der Waals surface area (Å²) >= 11 is 12.0. The summed E-state index contributed by atoms with van der Waals surface area (Å²) in [5.74, 6) is 0.373. The monoisotopic (exact) mass is 295 g/mol. The summed E-state index contributed by atoms with van der Waals surface area (Å²) in [6.07, 6.45) is 1.48. The summed E-state index contributed by atoms with van der Waals surface area (Å²) in [6, 6.07) is 8.41. The highest BCUT2D eigenvalue weighted by molar-refractivity contribution is 6.40. The number of rotatable bonds is 3. The number of nitrogens with one attached hydrogen (secondary N) is 2. The van der Waals surface area contributed by atoms with Gasteiger partial charge in [-0.15, -0.1) is 0 Å². The van der Waals surface area contributed by atoms with Crippen LogP contribution in [0.15, 0.2) is 36.5 Å². The molecule has 0 atom stereocenters. The summed E-state index contributed by atoms with van der Waals surface area (Å²) in [5.41, 5.74) is 0.823. The molecule has 1 aromatic carbocycles. The van der Waals surface area contributed by atoms with E-state index < -0.39 is 0 Å². The molecule has 0 saturated heterocycles. The first-order chi connectivity index (χ1) is 9.11. The fraction of sp³-hybridized carbons (Fsp3) is 0.0769. The van der Waals surface area contributed by atoms with Crippen LogP contribution in [0.5, 0.6) is 0 Å². The highest BCUT2D eigenvalue weighted by atomic mass is 35.5. The molecule has 0 bridgehead atoms. The Bertz CT molecular complexity index is 579. The standard InChI is InChI=1S/C13H11Cl2N3O/c1-16-11-6-5-8(7-17-11)13(19)18-12-9(14)3-2-4-10(12)15/h2-7H,1H3,(H,16,17)(H,18,19). The molecule has 6 heteroatoms. The van der Waals surface area contributed by atoms with E-state index in [4.69, 9.17) is 23.2 Å². The summed E-state index contributed by atoms with van der Waals surface area (Å²) in [5, 5.41) is 6.32. The quantitative estimate of drug-likeness (QED) is 0.908. The maximum atomic E-state index is 12.0. The first kappa shape index (κ1) is 13.6. The van der Waals surface area contributed by atoms with Gasteiger partial charge in [-0.1, -0.05) is 29.3 Å². The molecule has 19 heavy (non-hydrogen) atoms. The molecule has 0 spiro atoms. The third-order valence-electron chi connectivity index (χ3n) is 2.48. The molecule has 1 heterocycles. The molecular weight excluding hydrogens is 285 g/mol. The van der Waals surface area contributed by atoms with E-state index in [1.165, 1.54) is 6.20 Å². The Hall–Kier alpha value is -1.78. The Morgan fingerprint density at radius 3 is 2.37 bits per heavy atom. The first-order valence-electron chi connectivity index (χ1n) is 5.51. The normalized spacial score (nSPS) is 10.1. The van der Waals surface area contributed by atoms with Crippen LogP contribution >= 0.6 is 23.2 Å². The third kappa shape index (κ3) is 3.16. The van der Waals surface area contributed by atoms with Crippen molar-refractivity contribution in [2.75, 3.05) is 17.7 Å². The Kier molecular flexibility index (Phi) is 4.24. The predicted molar refractivity (Wildman–Crippen MR) is 78.2 cm³/mol. The van der Waals surface area contributed by atoms with E-state index in [2.05, 4.69) is 15.6 Å². The Morgan fingerprint density at radius 2 is 1.84 bits per heavy atom. The van der Waals surface area contributed by atoms with Gasteiger partial charge in [0.05, 0.1) is 21.3 Å². The van der Waals surface area contributed by atoms with E-state index in [0.29, 0.717) is 27.1 Å². The maximum absolute atomic E-state index is 12.0. The summed E-state index contributed by atoms with van der Waals surface area (Å²) in [4.78, 5) is 16.1. The van der Waals surface area contributed by atoms with E-state index in [1.807, 2.05) is 0 Å². The fourth-order valence-electron chi connectivity index (χ4n) is 1.48. The number of hydrogen-bond donors (Lipinski definition) is 2. The van der Waals surface area contributed by atoms with Gasteiger partial charge in [-0.2, -0.15) is 0 Å². The van der Waals surface area contributed by atoms with Crippen molar-refractivity contribution < 1.29 is 4.79 Å². The smallest absolute Gasteiger partial charge is 0.257 e. The third-order valence-corrected chi connectivity index (χ3v) is 3.11. The molecule has 0 aliphatic heterocycles. The number of para-hydroxylation sites is 1. The Labute approximate surface area is 120 Å². The van der Waals surface area contributed by atoms with E-state index in [9.17, 15) is 4.79 Å². The van der Waals surface area contributed by atoms with Gasteiger partial charge in [-0.05, 0) is 24.3 Å². The van der Waals surface area contributed by atoms with Crippen LogP contribution in [0.2, 0.25) is 10.0 Å². The highest BCUT2D eigenvalue weighted by Crippen LogP contribution is 2.30. The van der Waals surface area contributed by atoms with Gasteiger partial charge in [0.1, 0.15) is 5.82 Å². The molecule has 0 aliphatic carbocycles. The number of aromatic nitrogens is 1. The van der Waals surface area contributed by atoms with Crippen LogP contribution in [0, 0.1) is 0 Å². The van der Waals surface area contributed by atoms with Gasteiger partial charge in [0.25, 0.3) is 5.91 Å². The van der Waals surface area contributed by atoms with Crippen molar-refractivity contribution in [1.82, 2.24) is 4.98 Å². The number of hydrogen-bond acceptors (Lipinski definition) is 3. The molecule has 0 saturated carbocycles. The largest absolute Gasteiger partial charge is 0.373 e. The lowest BCUT2D eigenvalue weighted by atomic mass is 10.2. The molecule has 0 unspecified atom stereocenters. The Balaban J connectivity index is 2.20. The average molecular weight is 296 g/mol. The molecule has 2 rings (SSSR count). The number of benzene rings is 1. The molecule has 0 fully saturated rings. The van der Waals surface area contributed by atoms with E-state index in [1.54, 1.807) is 37.4 Å². The van der Waals surface area contributed by atoms with Gasteiger partial charge < -0.3 is 10.6 Å². The van der Waals surface area contributed by atoms with Crippen molar-refractivity contribution in [3.8, 4) is 0 Å². The van der Waals surface area contributed by atoms with Crippen LogP contribution in [0.25, 0.3) is 0 Å². The van der Waals surface area contributed by atoms with Crippen LogP contribution in [0.1, 0.15) is 10.4 Å². The zero-order chi connectivity index (χ0) is 13.8. The number of carbonyl (C=O) groups excluding carboxylic acids is 1. The van der Waals surface area contributed by atoms with Crippen LogP contribution in [0.4, 0.5) is 11.5 Å². The van der Waals surface area contributed by atoms with Crippen LogP contribution in [-0.4, -0.2) is 17.9 Å². The molecule has 2 N–H and O–H groups in total. The van der Waals surface area contributed by atoms with Gasteiger partial charge in [-0.25, -0.2) is 4.98 Å². The number of amides is 1. The second-order valence-electron chi connectivity index (χ2n) is 3.73. The highest BCUT2D eigenvalue weighted by Gasteiger charge is 2.11. The first-order valence-corrected chi connectivity index (χ1v) is 6.26. The molecule has 2 aromatic rings. The van der Waals surface area contributed by atoms with Crippen LogP contribution < -0.4 is 10.6 Å². The lowest BCUT2D eigenvalue weighted by molar-refractivity contribution is 0.102. The molecule has 1 amide bonds. The minimum absolute atomic E-state index is 0.315. The van der Waals surface area contributed by atoms with Crippen molar-refractivity contribution >= 4 is 40.6 Å². The van der Waals surface area contributed by atoms with Crippen molar-refractivity contribution in [2.45, 2.75) is 0 Å². The molecule has 4 nitrogen and oxygen atoms in total. The van der Waals surface area contributed by atoms with E-state index >= 15 is 0 Å². The van der Waals surface area contributed by atoms with Crippen molar-refractivity contribution in [2.24, 2.45) is 0 Å². The molecule has 0 radical (unpaired) electrons. The minimum atomic E-state index is -0.315. The Morgan fingerprint density at radius 1 is 1.16 bits per heavy atom. The molecule has 98 valence electrons. The SMILES string of the molecule is CNc1ccc(C(=O)Nc2c(Cl)cccc2Cl)cn1. The zero-order valence-electron chi connectivity index (χ0n) is 10.1. The predicted octanol–water partition coefficient (Wildman–Crippen LogP) is 3.68. The summed E-state index contributed by atoms with van der Waals surface area (Å²) in [6.45, 7) is 0. The van der Waals surface area contributed by atoms with E-state index in [0.717, 1.165) is 0 Å². The van der Waals surface area contributed by atoms with Crippen molar-refractivity contribution in [1.29, 1.82) is 0 Å².